The van der Waals surface area contributed by atoms with E-state index >= 15 is 0 Å². The molecule has 2 heterocycles. The van der Waals surface area contributed by atoms with E-state index in [0.717, 1.165) is 12.8 Å². The molecule has 0 bridgehead atoms. The van der Waals surface area contributed by atoms with Gasteiger partial charge in [-0.25, -0.2) is 14.3 Å². The number of nitrogens with one attached hydrogen (secondary N) is 1. The lowest BCUT2D eigenvalue weighted by atomic mass is 9.96. The Morgan fingerprint density at radius 2 is 2.33 bits per heavy atom. The highest BCUT2D eigenvalue weighted by Crippen LogP contribution is 2.41. The Hall–Kier alpha value is -2.11. The van der Waals surface area contributed by atoms with Crippen molar-refractivity contribution in [2.24, 2.45) is 5.92 Å². The van der Waals surface area contributed by atoms with Crippen LogP contribution in [0, 0.1) is 5.92 Å². The van der Waals surface area contributed by atoms with Crippen LogP contribution in [0.2, 0.25) is 0 Å². The highest BCUT2D eigenvalue weighted by molar-refractivity contribution is 5.83. The number of carboxylic acids is 1. The number of rotatable bonds is 4. The quantitative estimate of drug-likeness (QED) is 0.852. The Morgan fingerprint density at radius 1 is 1.56 bits per heavy atom. The molecular weight excluding hydrogens is 232 g/mol. The van der Waals surface area contributed by atoms with Crippen LogP contribution in [0.4, 0.5) is 5.82 Å². The molecule has 1 saturated carbocycles. The molecule has 18 heavy (non-hydrogen) atoms. The highest BCUT2D eigenvalue weighted by atomic mass is 16.4. The van der Waals surface area contributed by atoms with E-state index in [4.69, 9.17) is 0 Å². The second-order valence-electron chi connectivity index (χ2n) is 4.85. The number of carboxylic acid groups (broad SMARTS) is 1. The maximum Gasteiger partial charge on any atom is 0.329 e. The van der Waals surface area contributed by atoms with E-state index in [1.54, 1.807) is 36.0 Å². The van der Waals surface area contributed by atoms with E-state index in [-0.39, 0.29) is 5.92 Å². The zero-order valence-electron chi connectivity index (χ0n) is 10.00. The summed E-state index contributed by atoms with van der Waals surface area (Å²) in [6.45, 7) is 1.72. The van der Waals surface area contributed by atoms with Gasteiger partial charge in [0.05, 0.1) is 6.20 Å². The number of aromatic nitrogens is 3. The number of anilines is 1. The SMILES string of the molecule is CC(Nc1ccn2nccc2n1)(C(=O)O)C1CC1. The molecule has 1 atom stereocenters. The molecule has 0 aromatic carbocycles. The van der Waals surface area contributed by atoms with Gasteiger partial charge in [-0.3, -0.25) is 0 Å². The van der Waals surface area contributed by atoms with E-state index in [2.05, 4.69) is 15.4 Å². The summed E-state index contributed by atoms with van der Waals surface area (Å²) in [6, 6.07) is 3.52. The van der Waals surface area contributed by atoms with Gasteiger partial charge in [-0.2, -0.15) is 5.10 Å². The number of hydrogen-bond donors (Lipinski definition) is 2. The fourth-order valence-corrected chi connectivity index (χ4v) is 2.14. The van der Waals surface area contributed by atoms with Crippen LogP contribution < -0.4 is 5.32 Å². The summed E-state index contributed by atoms with van der Waals surface area (Å²) in [5.74, 6) is -0.0853. The Bertz CT molecular complexity index is 605. The van der Waals surface area contributed by atoms with E-state index in [1.807, 2.05) is 0 Å². The van der Waals surface area contributed by atoms with Crippen LogP contribution in [0.25, 0.3) is 5.65 Å². The zero-order valence-corrected chi connectivity index (χ0v) is 10.00. The monoisotopic (exact) mass is 246 g/mol. The van der Waals surface area contributed by atoms with Crippen molar-refractivity contribution in [1.82, 2.24) is 14.6 Å². The Kier molecular flexibility index (Phi) is 2.26. The third kappa shape index (κ3) is 1.70. The van der Waals surface area contributed by atoms with Crippen molar-refractivity contribution in [1.29, 1.82) is 0 Å². The molecule has 0 spiro atoms. The molecule has 2 N–H and O–H groups in total. The first-order valence-corrected chi connectivity index (χ1v) is 5.91. The van der Waals surface area contributed by atoms with Crippen molar-refractivity contribution in [3.05, 3.63) is 24.5 Å². The Balaban J connectivity index is 1.92. The van der Waals surface area contributed by atoms with Gasteiger partial charge in [0.25, 0.3) is 0 Å². The van der Waals surface area contributed by atoms with Gasteiger partial charge in [0.2, 0.25) is 0 Å². The normalized spacial score (nSPS) is 18.5. The summed E-state index contributed by atoms with van der Waals surface area (Å²) in [5.41, 5.74) is -0.241. The molecule has 2 aromatic heterocycles. The van der Waals surface area contributed by atoms with Crippen molar-refractivity contribution >= 4 is 17.4 Å². The fourth-order valence-electron chi connectivity index (χ4n) is 2.14. The third-order valence-corrected chi connectivity index (χ3v) is 3.48. The van der Waals surface area contributed by atoms with Crippen LogP contribution >= 0.6 is 0 Å². The lowest BCUT2D eigenvalue weighted by Crippen LogP contribution is -2.45. The second-order valence-corrected chi connectivity index (χ2v) is 4.85. The summed E-state index contributed by atoms with van der Waals surface area (Å²) in [4.78, 5) is 15.8. The van der Waals surface area contributed by atoms with Gasteiger partial charge in [0, 0.05) is 12.3 Å². The number of aliphatic carboxylic acids is 1. The van der Waals surface area contributed by atoms with E-state index < -0.39 is 11.5 Å². The maximum atomic E-state index is 11.4. The molecule has 1 unspecified atom stereocenters. The number of carbonyl (C=O) groups is 1. The van der Waals surface area contributed by atoms with Gasteiger partial charge in [-0.05, 0) is 31.7 Å². The van der Waals surface area contributed by atoms with Gasteiger partial charge in [0.1, 0.15) is 11.4 Å². The molecule has 1 aliphatic carbocycles. The number of hydrogen-bond acceptors (Lipinski definition) is 4. The molecule has 0 radical (unpaired) electrons. The van der Waals surface area contributed by atoms with Crippen LogP contribution in [0.1, 0.15) is 19.8 Å². The van der Waals surface area contributed by atoms with Gasteiger partial charge in [-0.1, -0.05) is 0 Å². The van der Waals surface area contributed by atoms with Crippen LogP contribution in [0.5, 0.6) is 0 Å². The van der Waals surface area contributed by atoms with E-state index in [1.165, 1.54) is 0 Å². The first-order chi connectivity index (χ1) is 8.59. The molecule has 0 amide bonds. The lowest BCUT2D eigenvalue weighted by Gasteiger charge is -2.26. The van der Waals surface area contributed by atoms with Gasteiger partial charge in [-0.15, -0.1) is 0 Å². The van der Waals surface area contributed by atoms with E-state index in [9.17, 15) is 9.90 Å². The van der Waals surface area contributed by atoms with E-state index in [0.29, 0.717) is 11.5 Å². The van der Waals surface area contributed by atoms with Gasteiger partial charge in [0.15, 0.2) is 5.65 Å². The molecule has 3 rings (SSSR count). The molecule has 0 aliphatic heterocycles. The lowest BCUT2D eigenvalue weighted by molar-refractivity contribution is -0.142. The molecule has 0 saturated heterocycles. The van der Waals surface area contributed by atoms with Crippen molar-refractivity contribution in [3.8, 4) is 0 Å². The van der Waals surface area contributed by atoms with Crippen molar-refractivity contribution in [2.45, 2.75) is 25.3 Å². The fraction of sp³-hybridized carbons (Fsp3) is 0.417. The molecule has 1 aliphatic rings. The molecular formula is C12H14N4O2. The van der Waals surface area contributed by atoms with Crippen LogP contribution in [-0.4, -0.2) is 31.2 Å². The number of fused-ring (bicyclic) bond motifs is 1. The molecule has 1 fully saturated rings. The molecule has 6 nitrogen and oxygen atoms in total. The largest absolute Gasteiger partial charge is 0.480 e. The Labute approximate surface area is 104 Å². The van der Waals surface area contributed by atoms with Crippen molar-refractivity contribution < 1.29 is 9.90 Å². The van der Waals surface area contributed by atoms with Crippen LogP contribution in [0.3, 0.4) is 0 Å². The van der Waals surface area contributed by atoms with Crippen molar-refractivity contribution in [2.75, 3.05) is 5.32 Å². The molecule has 94 valence electrons. The smallest absolute Gasteiger partial charge is 0.329 e. The summed E-state index contributed by atoms with van der Waals surface area (Å²) < 4.78 is 1.64. The Morgan fingerprint density at radius 3 is 3.00 bits per heavy atom. The molecule has 6 heteroatoms. The first-order valence-electron chi connectivity index (χ1n) is 5.91. The minimum atomic E-state index is -0.939. The summed E-state index contributed by atoms with van der Waals surface area (Å²) in [6.07, 6.45) is 5.32. The second kappa shape index (κ2) is 3.69. The first kappa shape index (κ1) is 11.0. The predicted octanol–water partition coefficient (Wildman–Crippen LogP) is 1.39. The standard InChI is InChI=1S/C12H14N4O2/c1-12(11(17)18,8-2-3-8)15-9-5-7-16-10(14-9)4-6-13-16/h4-8H,2-3H2,1H3,(H,14,15)(H,17,18). The third-order valence-electron chi connectivity index (χ3n) is 3.48. The highest BCUT2D eigenvalue weighted by Gasteiger charge is 2.47. The zero-order chi connectivity index (χ0) is 12.8. The van der Waals surface area contributed by atoms with Gasteiger partial charge >= 0.3 is 5.97 Å². The topological polar surface area (TPSA) is 79.5 Å². The average molecular weight is 246 g/mol. The minimum Gasteiger partial charge on any atom is -0.480 e. The summed E-state index contributed by atoms with van der Waals surface area (Å²) in [7, 11) is 0. The summed E-state index contributed by atoms with van der Waals surface area (Å²) in [5, 5.41) is 16.5. The summed E-state index contributed by atoms with van der Waals surface area (Å²) >= 11 is 0. The van der Waals surface area contributed by atoms with Crippen LogP contribution in [0.15, 0.2) is 24.5 Å². The van der Waals surface area contributed by atoms with Crippen LogP contribution in [-0.2, 0) is 4.79 Å². The minimum absolute atomic E-state index is 0.179. The number of nitrogens with zero attached hydrogens (tertiary/aromatic N) is 3. The predicted molar refractivity (Wildman–Crippen MR) is 65.4 cm³/mol. The van der Waals surface area contributed by atoms with Gasteiger partial charge < -0.3 is 10.4 Å². The maximum absolute atomic E-state index is 11.4. The van der Waals surface area contributed by atoms with Crippen molar-refractivity contribution in [3.63, 3.8) is 0 Å². The molecule has 2 aromatic rings. The average Bonchev–Trinajstić information content (AvgIpc) is 3.09.